The number of carbonyl (C=O) groups excluding carboxylic acids is 2. The van der Waals surface area contributed by atoms with Crippen LogP contribution in [0.25, 0.3) is 0 Å². The highest BCUT2D eigenvalue weighted by molar-refractivity contribution is 8.15. The van der Waals surface area contributed by atoms with E-state index in [1.165, 1.54) is 30.6 Å². The Kier molecular flexibility index (Phi) is 9.82. The first-order chi connectivity index (χ1) is 16.2. The Morgan fingerprint density at radius 3 is 2.71 bits per heavy atom. The molecule has 1 aromatic carbocycles. The maximum Gasteiger partial charge on any atom is 0.275 e. The van der Waals surface area contributed by atoms with Crippen LogP contribution in [0.1, 0.15) is 36.8 Å². The number of thioether (sulfide) groups is 1. The standard InChI is InChI=1S/C23H27FN6O3S/c1-5-10-33-19-14-28-18(13-29-19)20(31)30-16-8-9-17(24)15(11-16)12-23(4,21(32)26-6-2)34-22(25)27-7-3/h1,8-9,11,13-14H,6-7,10,12H2,2-4H3,(H2,25,27)(H,26,32)(H,30,31)/t23-/m1/s1. The number of hydrogen-bond acceptors (Lipinski definition) is 7. The zero-order valence-corrected chi connectivity index (χ0v) is 20.0. The Balaban J connectivity index is 2.23. The molecule has 2 amide bonds. The van der Waals surface area contributed by atoms with Gasteiger partial charge in [-0.05, 0) is 51.0 Å². The molecule has 0 unspecified atom stereocenters. The van der Waals surface area contributed by atoms with Crippen molar-refractivity contribution >= 4 is 34.4 Å². The lowest BCUT2D eigenvalue weighted by Crippen LogP contribution is -2.45. The Hall–Kier alpha value is -3.65. The normalized spacial score (nSPS) is 12.9. The van der Waals surface area contributed by atoms with Crippen molar-refractivity contribution in [2.75, 3.05) is 25.0 Å². The van der Waals surface area contributed by atoms with Crippen molar-refractivity contribution in [3.63, 3.8) is 0 Å². The summed E-state index contributed by atoms with van der Waals surface area (Å²) < 4.78 is 18.7. The van der Waals surface area contributed by atoms with Crippen LogP contribution in [0, 0.1) is 18.2 Å². The first-order valence-electron chi connectivity index (χ1n) is 10.5. The fourth-order valence-electron chi connectivity index (χ4n) is 2.90. The van der Waals surface area contributed by atoms with Gasteiger partial charge in [0.05, 0.1) is 12.4 Å². The molecule has 0 saturated carbocycles. The van der Waals surface area contributed by atoms with Crippen molar-refractivity contribution in [2.24, 2.45) is 10.7 Å². The van der Waals surface area contributed by atoms with E-state index < -0.39 is 16.5 Å². The second-order valence-electron chi connectivity index (χ2n) is 7.17. The number of amidine groups is 1. The Morgan fingerprint density at radius 2 is 2.09 bits per heavy atom. The molecule has 1 heterocycles. The molecule has 0 aliphatic carbocycles. The number of nitrogens with one attached hydrogen (secondary N) is 2. The number of rotatable bonds is 10. The first kappa shape index (κ1) is 26.6. The number of aromatic nitrogens is 2. The van der Waals surface area contributed by atoms with Gasteiger partial charge in [0, 0.05) is 18.8 Å². The van der Waals surface area contributed by atoms with Gasteiger partial charge in [-0.1, -0.05) is 17.7 Å². The number of benzene rings is 1. The number of terminal acetylenes is 1. The van der Waals surface area contributed by atoms with E-state index in [4.69, 9.17) is 16.9 Å². The van der Waals surface area contributed by atoms with Gasteiger partial charge in [-0.25, -0.2) is 14.4 Å². The van der Waals surface area contributed by atoms with Gasteiger partial charge in [-0.2, -0.15) is 0 Å². The van der Waals surface area contributed by atoms with E-state index in [2.05, 4.69) is 31.5 Å². The average Bonchev–Trinajstić information content (AvgIpc) is 2.80. The highest BCUT2D eigenvalue weighted by Gasteiger charge is 2.36. The molecule has 0 fully saturated rings. The number of nitrogens with zero attached hydrogens (tertiary/aromatic N) is 3. The minimum absolute atomic E-state index is 0.0139. The van der Waals surface area contributed by atoms with Crippen LogP contribution in [0.4, 0.5) is 10.1 Å². The minimum atomic E-state index is -1.12. The van der Waals surface area contributed by atoms with Crippen LogP contribution in [0.2, 0.25) is 0 Å². The van der Waals surface area contributed by atoms with Gasteiger partial charge in [0.25, 0.3) is 5.91 Å². The number of ether oxygens (including phenoxy) is 1. The van der Waals surface area contributed by atoms with Crippen LogP contribution in [-0.4, -0.2) is 51.4 Å². The summed E-state index contributed by atoms with van der Waals surface area (Å²) in [7, 11) is 0. The van der Waals surface area contributed by atoms with Crippen molar-refractivity contribution in [1.82, 2.24) is 15.3 Å². The molecule has 0 radical (unpaired) electrons. The van der Waals surface area contributed by atoms with Crippen molar-refractivity contribution < 1.29 is 18.7 Å². The number of anilines is 1. The molecule has 0 aliphatic heterocycles. The Morgan fingerprint density at radius 1 is 1.32 bits per heavy atom. The Labute approximate surface area is 202 Å². The number of nitrogens with two attached hydrogens (primary N) is 1. The van der Waals surface area contributed by atoms with Crippen LogP contribution < -0.4 is 21.1 Å². The van der Waals surface area contributed by atoms with E-state index in [9.17, 15) is 14.0 Å². The predicted molar refractivity (Wildman–Crippen MR) is 131 cm³/mol. The molecule has 0 saturated heterocycles. The van der Waals surface area contributed by atoms with Gasteiger partial charge < -0.3 is 21.1 Å². The zero-order chi connectivity index (χ0) is 25.1. The lowest BCUT2D eigenvalue weighted by Gasteiger charge is -2.27. The van der Waals surface area contributed by atoms with Crippen molar-refractivity contribution in [3.8, 4) is 18.2 Å². The van der Waals surface area contributed by atoms with Gasteiger partial charge in [-0.3, -0.25) is 14.6 Å². The zero-order valence-electron chi connectivity index (χ0n) is 19.2. The number of amides is 2. The van der Waals surface area contributed by atoms with Gasteiger partial charge in [0.2, 0.25) is 11.8 Å². The van der Waals surface area contributed by atoms with E-state index in [0.29, 0.717) is 18.8 Å². The van der Waals surface area contributed by atoms with Gasteiger partial charge in [-0.15, -0.1) is 6.42 Å². The van der Waals surface area contributed by atoms with Crippen LogP contribution in [0.5, 0.6) is 5.88 Å². The number of halogens is 1. The summed E-state index contributed by atoms with van der Waals surface area (Å²) in [4.78, 5) is 37.4. The highest BCUT2D eigenvalue weighted by Crippen LogP contribution is 2.31. The fraction of sp³-hybridized carbons (Fsp3) is 0.348. The molecule has 1 aromatic heterocycles. The lowest BCUT2D eigenvalue weighted by atomic mass is 9.98. The molecule has 1 atom stereocenters. The van der Waals surface area contributed by atoms with Gasteiger partial charge >= 0.3 is 0 Å². The lowest BCUT2D eigenvalue weighted by molar-refractivity contribution is -0.122. The van der Waals surface area contributed by atoms with E-state index in [0.717, 1.165) is 11.8 Å². The van der Waals surface area contributed by atoms with Crippen molar-refractivity contribution in [3.05, 3.63) is 47.7 Å². The molecule has 0 bridgehead atoms. The summed E-state index contributed by atoms with van der Waals surface area (Å²) in [5.74, 6) is 1.12. The third-order valence-corrected chi connectivity index (χ3v) is 5.58. The third-order valence-electron chi connectivity index (χ3n) is 4.46. The van der Waals surface area contributed by atoms with Crippen LogP contribution in [0.15, 0.2) is 35.6 Å². The smallest absolute Gasteiger partial charge is 0.275 e. The molecular formula is C23H27FN6O3S. The molecule has 2 aromatic rings. The quantitative estimate of drug-likeness (QED) is 0.267. The summed E-state index contributed by atoms with van der Waals surface area (Å²) in [6, 6.07) is 4.11. The third kappa shape index (κ3) is 7.45. The molecule has 4 N–H and O–H groups in total. The average molecular weight is 487 g/mol. The highest BCUT2D eigenvalue weighted by atomic mass is 32.2. The van der Waals surface area contributed by atoms with E-state index in [1.807, 2.05) is 6.92 Å². The molecule has 180 valence electrons. The summed E-state index contributed by atoms with van der Waals surface area (Å²) in [6.07, 6.45) is 7.65. The van der Waals surface area contributed by atoms with E-state index in [-0.39, 0.29) is 41.2 Å². The summed E-state index contributed by atoms with van der Waals surface area (Å²) in [6.45, 7) is 6.18. The maximum absolute atomic E-state index is 14.7. The van der Waals surface area contributed by atoms with E-state index >= 15 is 0 Å². The molecule has 11 heteroatoms. The molecule has 2 rings (SSSR count). The minimum Gasteiger partial charge on any atom is -0.463 e. The first-order valence-corrected chi connectivity index (χ1v) is 11.3. The molecule has 9 nitrogen and oxygen atoms in total. The van der Waals surface area contributed by atoms with E-state index in [1.54, 1.807) is 13.8 Å². The van der Waals surface area contributed by atoms with Crippen LogP contribution in [-0.2, 0) is 11.2 Å². The number of hydrogen-bond donors (Lipinski definition) is 3. The second-order valence-corrected chi connectivity index (χ2v) is 8.70. The Bertz CT molecular complexity index is 1090. The molecular weight excluding hydrogens is 459 g/mol. The van der Waals surface area contributed by atoms with Gasteiger partial charge in [0.1, 0.15) is 16.3 Å². The van der Waals surface area contributed by atoms with Crippen molar-refractivity contribution in [2.45, 2.75) is 31.9 Å². The van der Waals surface area contributed by atoms with Crippen LogP contribution >= 0.6 is 11.8 Å². The number of aliphatic imine (C=N–C) groups is 1. The second kappa shape index (κ2) is 12.6. The largest absolute Gasteiger partial charge is 0.463 e. The monoisotopic (exact) mass is 486 g/mol. The fourth-order valence-corrected chi connectivity index (χ4v) is 3.95. The summed E-state index contributed by atoms with van der Waals surface area (Å²) >= 11 is 1.07. The maximum atomic E-state index is 14.7. The summed E-state index contributed by atoms with van der Waals surface area (Å²) in [5, 5.41) is 5.64. The predicted octanol–water partition coefficient (Wildman–Crippen LogP) is 2.39. The van der Waals surface area contributed by atoms with Crippen molar-refractivity contribution in [1.29, 1.82) is 0 Å². The topological polar surface area (TPSA) is 132 Å². The summed E-state index contributed by atoms with van der Waals surface area (Å²) in [5.41, 5.74) is 6.53. The van der Waals surface area contributed by atoms with Crippen LogP contribution in [0.3, 0.4) is 0 Å². The van der Waals surface area contributed by atoms with Gasteiger partial charge in [0.15, 0.2) is 11.8 Å². The molecule has 0 spiro atoms. The molecule has 34 heavy (non-hydrogen) atoms. The SMILES string of the molecule is C#CCOc1cnc(C(=O)Nc2ccc(F)c(C[C@@](C)(S/C(N)=N\CC)C(=O)NCC)c2)cn1. The molecule has 0 aliphatic rings. The number of carbonyl (C=O) groups is 2.